The van der Waals surface area contributed by atoms with E-state index in [0.29, 0.717) is 5.52 Å². The number of nitrogens with zero attached hydrogens (tertiary/aromatic N) is 3. The second-order valence-corrected chi connectivity index (χ2v) is 4.60. The van der Waals surface area contributed by atoms with Crippen molar-refractivity contribution in [2.45, 2.75) is 6.36 Å². The number of fused-ring (bicyclic) bond motifs is 1. The van der Waals surface area contributed by atoms with Crippen molar-refractivity contribution >= 4 is 33.9 Å². The molecule has 0 amide bonds. The van der Waals surface area contributed by atoms with Crippen LogP contribution in [-0.2, 0) is 7.05 Å². The molecule has 0 atom stereocenters. The summed E-state index contributed by atoms with van der Waals surface area (Å²) in [6, 6.07) is 3.65. The minimum absolute atomic E-state index is 0.00252. The molecule has 22 heavy (non-hydrogen) atoms. The molecule has 0 saturated carbocycles. The van der Waals surface area contributed by atoms with Crippen molar-refractivity contribution in [3.05, 3.63) is 18.2 Å². The summed E-state index contributed by atoms with van der Waals surface area (Å²) in [5.41, 5.74) is 0.471. The molecule has 0 fully saturated rings. The highest BCUT2D eigenvalue weighted by Crippen LogP contribution is 2.40. The number of hydrogen-bond donors (Lipinski definition) is 2. The molecule has 2 N–H and O–H groups in total. The van der Waals surface area contributed by atoms with Crippen molar-refractivity contribution in [3.8, 4) is 11.6 Å². The van der Waals surface area contributed by atoms with E-state index < -0.39 is 12.1 Å². The predicted molar refractivity (Wildman–Crippen MR) is 77.4 cm³/mol. The molecule has 1 heterocycles. The van der Waals surface area contributed by atoms with Crippen LogP contribution in [0.25, 0.3) is 10.9 Å². The summed E-state index contributed by atoms with van der Waals surface area (Å²) in [6.45, 7) is 0. The fourth-order valence-electron chi connectivity index (χ4n) is 1.83. The molecule has 0 unspecified atom stereocenters. The van der Waals surface area contributed by atoms with Gasteiger partial charge in [0.15, 0.2) is 5.69 Å². The number of benzene rings is 1. The fourth-order valence-corrected chi connectivity index (χ4v) is 1.87. The van der Waals surface area contributed by atoms with Gasteiger partial charge in [-0.3, -0.25) is 0 Å². The van der Waals surface area contributed by atoms with Crippen LogP contribution in [0.2, 0.25) is 0 Å². The fraction of sp³-hybridized carbons (Fsp3) is 0.250. The molecule has 0 saturated heterocycles. The number of azo groups is 1. The minimum atomic E-state index is -4.81. The second kappa shape index (κ2) is 5.79. The first-order chi connectivity index (χ1) is 10.2. The maximum absolute atomic E-state index is 12.3. The van der Waals surface area contributed by atoms with Gasteiger partial charge in [-0.15, -0.1) is 23.4 Å². The van der Waals surface area contributed by atoms with Gasteiger partial charge >= 0.3 is 6.36 Å². The summed E-state index contributed by atoms with van der Waals surface area (Å²) in [5.74, 6) is -0.667. The standard InChI is InChI=1S/C12H11F3N4O2S/c1-16-11(22)18-17-9-7-5-6(21-12(13,14)15)3-4-8(7)19(2)10(9)20/h3-5,20H,1-2H3,(H,16,22). The molecular weight excluding hydrogens is 321 g/mol. The Kier molecular flexibility index (Phi) is 4.22. The number of aromatic nitrogens is 1. The summed E-state index contributed by atoms with van der Waals surface area (Å²) in [6.07, 6.45) is -4.81. The quantitative estimate of drug-likeness (QED) is 0.653. The number of thiocarbonyl (C=S) groups is 1. The van der Waals surface area contributed by atoms with Gasteiger partial charge in [-0.1, -0.05) is 0 Å². The summed E-state index contributed by atoms with van der Waals surface area (Å²) in [4.78, 5) is 0. The number of ether oxygens (including phenoxy) is 1. The monoisotopic (exact) mass is 332 g/mol. The van der Waals surface area contributed by atoms with Gasteiger partial charge in [0.25, 0.3) is 0 Å². The molecule has 0 aliphatic rings. The van der Waals surface area contributed by atoms with Crippen LogP contribution in [0.3, 0.4) is 0 Å². The molecule has 10 heteroatoms. The zero-order chi connectivity index (χ0) is 16.5. The lowest BCUT2D eigenvalue weighted by Crippen LogP contribution is -2.16. The average molecular weight is 332 g/mol. The highest BCUT2D eigenvalue weighted by molar-refractivity contribution is 7.80. The van der Waals surface area contributed by atoms with Gasteiger partial charge in [0, 0.05) is 19.5 Å². The van der Waals surface area contributed by atoms with Crippen LogP contribution in [0.4, 0.5) is 18.9 Å². The van der Waals surface area contributed by atoms with Crippen LogP contribution in [0, 0.1) is 0 Å². The highest BCUT2D eigenvalue weighted by Gasteiger charge is 2.31. The number of hydrogen-bond acceptors (Lipinski definition) is 4. The molecule has 0 radical (unpaired) electrons. The van der Waals surface area contributed by atoms with E-state index in [1.165, 1.54) is 17.7 Å². The summed E-state index contributed by atoms with van der Waals surface area (Å²) in [7, 11) is 3.08. The number of rotatable bonds is 2. The summed E-state index contributed by atoms with van der Waals surface area (Å²) in [5, 5.41) is 20.3. The Morgan fingerprint density at radius 1 is 1.41 bits per heavy atom. The van der Waals surface area contributed by atoms with Gasteiger partial charge < -0.3 is 19.7 Å². The van der Waals surface area contributed by atoms with E-state index in [1.807, 2.05) is 0 Å². The number of aryl methyl sites for hydroxylation is 1. The normalized spacial score (nSPS) is 12.0. The molecule has 0 aliphatic heterocycles. The zero-order valence-electron chi connectivity index (χ0n) is 11.5. The van der Waals surface area contributed by atoms with Crippen LogP contribution >= 0.6 is 12.2 Å². The topological polar surface area (TPSA) is 71.1 Å². The zero-order valence-corrected chi connectivity index (χ0v) is 12.3. The molecule has 1 aromatic carbocycles. The molecule has 2 aromatic rings. The third kappa shape index (κ3) is 3.27. The van der Waals surface area contributed by atoms with Crippen molar-refractivity contribution in [1.82, 2.24) is 9.88 Å². The van der Waals surface area contributed by atoms with E-state index >= 15 is 0 Å². The van der Waals surface area contributed by atoms with Gasteiger partial charge in [-0.05, 0) is 30.4 Å². The smallest absolute Gasteiger partial charge is 0.493 e. The first-order valence-corrected chi connectivity index (χ1v) is 6.34. The van der Waals surface area contributed by atoms with Crippen LogP contribution in [0.15, 0.2) is 28.4 Å². The Bertz CT molecular complexity index is 755. The van der Waals surface area contributed by atoms with Crippen LogP contribution in [-0.4, -0.2) is 28.2 Å². The molecule has 0 aliphatic carbocycles. The van der Waals surface area contributed by atoms with Crippen LogP contribution in [0.1, 0.15) is 0 Å². The van der Waals surface area contributed by atoms with Crippen molar-refractivity contribution in [3.63, 3.8) is 0 Å². The summed E-state index contributed by atoms with van der Waals surface area (Å²) >= 11 is 4.79. The Morgan fingerprint density at radius 3 is 2.68 bits per heavy atom. The Hall–Kier alpha value is -2.36. The lowest BCUT2D eigenvalue weighted by molar-refractivity contribution is -0.274. The molecular formula is C12H11F3N4O2S. The van der Waals surface area contributed by atoms with E-state index in [2.05, 4.69) is 20.3 Å². The maximum atomic E-state index is 12.3. The van der Waals surface area contributed by atoms with Gasteiger partial charge in [0.1, 0.15) is 5.75 Å². The second-order valence-electron chi connectivity index (χ2n) is 4.21. The van der Waals surface area contributed by atoms with Gasteiger partial charge in [0.2, 0.25) is 11.0 Å². The van der Waals surface area contributed by atoms with Crippen LogP contribution in [0.5, 0.6) is 11.6 Å². The van der Waals surface area contributed by atoms with Crippen molar-refractivity contribution in [1.29, 1.82) is 0 Å². The van der Waals surface area contributed by atoms with E-state index in [4.69, 9.17) is 12.2 Å². The number of nitrogens with one attached hydrogen (secondary N) is 1. The Labute approximate surface area is 128 Å². The van der Waals surface area contributed by atoms with Crippen LogP contribution < -0.4 is 10.1 Å². The molecule has 0 spiro atoms. The van der Waals surface area contributed by atoms with Crippen molar-refractivity contribution < 1.29 is 23.0 Å². The van der Waals surface area contributed by atoms with Gasteiger partial charge in [-0.25, -0.2) is 0 Å². The molecule has 6 nitrogen and oxygen atoms in total. The highest BCUT2D eigenvalue weighted by atomic mass is 32.1. The third-order valence-corrected chi connectivity index (χ3v) is 3.09. The number of aromatic hydroxyl groups is 1. The Morgan fingerprint density at radius 2 is 2.09 bits per heavy atom. The Balaban J connectivity index is 2.54. The van der Waals surface area contributed by atoms with Crippen molar-refractivity contribution in [2.75, 3.05) is 7.05 Å². The average Bonchev–Trinajstić information content (AvgIpc) is 2.66. The van der Waals surface area contributed by atoms with E-state index in [-0.39, 0.29) is 22.1 Å². The van der Waals surface area contributed by atoms with Gasteiger partial charge in [-0.2, -0.15) is 0 Å². The van der Waals surface area contributed by atoms with Gasteiger partial charge in [0.05, 0.1) is 5.52 Å². The third-order valence-electron chi connectivity index (χ3n) is 2.80. The lowest BCUT2D eigenvalue weighted by atomic mass is 10.2. The van der Waals surface area contributed by atoms with E-state index in [0.717, 1.165) is 12.1 Å². The first-order valence-electron chi connectivity index (χ1n) is 5.93. The number of halogens is 3. The molecule has 1 aromatic heterocycles. The van der Waals surface area contributed by atoms with E-state index in [1.54, 1.807) is 7.05 Å². The molecule has 0 bridgehead atoms. The SMILES string of the molecule is CNC(=S)N=Nc1c(O)n(C)c2ccc(OC(F)(F)F)cc12. The predicted octanol–water partition coefficient (Wildman–Crippen LogP) is 3.37. The maximum Gasteiger partial charge on any atom is 0.573 e. The largest absolute Gasteiger partial charge is 0.573 e. The van der Waals surface area contributed by atoms with E-state index in [9.17, 15) is 18.3 Å². The first kappa shape index (κ1) is 16.0. The molecule has 118 valence electrons. The lowest BCUT2D eigenvalue weighted by Gasteiger charge is -2.08. The minimum Gasteiger partial charge on any atom is -0.493 e. The number of alkyl halides is 3. The molecule has 2 rings (SSSR count). The van der Waals surface area contributed by atoms with Crippen molar-refractivity contribution in [2.24, 2.45) is 17.3 Å². The summed E-state index contributed by atoms with van der Waals surface area (Å²) < 4.78 is 42.1.